The Morgan fingerprint density at radius 2 is 2.04 bits per heavy atom. The number of nitrogens with zero attached hydrogens (tertiary/aromatic N) is 3. The van der Waals surface area contributed by atoms with Crippen LogP contribution >= 0.6 is 11.3 Å². The van der Waals surface area contributed by atoms with Crippen LogP contribution in [0, 0.1) is 11.8 Å². The maximum Gasteiger partial charge on any atom is 0.317 e. The predicted molar refractivity (Wildman–Crippen MR) is 94.1 cm³/mol. The fourth-order valence-electron chi connectivity index (χ4n) is 2.98. The van der Waals surface area contributed by atoms with Gasteiger partial charge in [0.1, 0.15) is 10.0 Å². The minimum Gasteiger partial charge on any atom is -0.481 e. The second kappa shape index (κ2) is 7.60. The van der Waals surface area contributed by atoms with E-state index >= 15 is 0 Å². The van der Waals surface area contributed by atoms with E-state index in [0.29, 0.717) is 18.0 Å². The zero-order valence-corrected chi connectivity index (χ0v) is 14.7. The molecule has 0 bridgehead atoms. The van der Waals surface area contributed by atoms with Gasteiger partial charge in [0.2, 0.25) is 0 Å². The summed E-state index contributed by atoms with van der Waals surface area (Å²) < 4.78 is 0. The van der Waals surface area contributed by atoms with E-state index in [0.717, 1.165) is 10.6 Å². The van der Waals surface area contributed by atoms with E-state index in [-0.39, 0.29) is 25.0 Å². The Morgan fingerprint density at radius 1 is 1.28 bits per heavy atom. The van der Waals surface area contributed by atoms with E-state index in [1.165, 1.54) is 11.3 Å². The van der Waals surface area contributed by atoms with Gasteiger partial charge in [-0.15, -0.1) is 10.2 Å². The molecule has 2 atom stereocenters. The van der Waals surface area contributed by atoms with E-state index < -0.39 is 11.9 Å². The third kappa shape index (κ3) is 4.33. The van der Waals surface area contributed by atoms with Crippen LogP contribution in [0.5, 0.6) is 0 Å². The van der Waals surface area contributed by atoms with Gasteiger partial charge in [-0.25, -0.2) is 4.79 Å². The summed E-state index contributed by atoms with van der Waals surface area (Å²) in [7, 11) is 0. The molecular weight excluding hydrogens is 340 g/mol. The Labute approximate surface area is 149 Å². The summed E-state index contributed by atoms with van der Waals surface area (Å²) in [6, 6.07) is 9.49. The van der Waals surface area contributed by atoms with Crippen molar-refractivity contribution in [2.45, 2.75) is 19.9 Å². The Hall–Kier alpha value is -2.48. The van der Waals surface area contributed by atoms with E-state index in [2.05, 4.69) is 15.5 Å². The number of carboxylic acids is 1. The third-order valence-corrected chi connectivity index (χ3v) is 5.15. The van der Waals surface area contributed by atoms with Gasteiger partial charge in [0.25, 0.3) is 0 Å². The van der Waals surface area contributed by atoms with Crippen molar-refractivity contribution in [1.29, 1.82) is 0 Å². The van der Waals surface area contributed by atoms with Gasteiger partial charge in [-0.05, 0) is 12.3 Å². The first-order chi connectivity index (χ1) is 12.0. The molecule has 2 heterocycles. The number of hydrogen-bond acceptors (Lipinski definition) is 5. The Morgan fingerprint density at radius 3 is 2.76 bits per heavy atom. The number of carbonyl (C=O) groups is 2. The first kappa shape index (κ1) is 17.3. The summed E-state index contributed by atoms with van der Waals surface area (Å²) in [5.41, 5.74) is 0.992. The molecule has 1 saturated heterocycles. The van der Waals surface area contributed by atoms with Gasteiger partial charge in [0, 0.05) is 18.7 Å². The number of nitrogens with one attached hydrogen (secondary N) is 1. The minimum absolute atomic E-state index is 0.173. The molecule has 8 heteroatoms. The average Bonchev–Trinajstić information content (AvgIpc) is 3.09. The molecule has 2 aromatic rings. The summed E-state index contributed by atoms with van der Waals surface area (Å²) in [5, 5.41) is 21.8. The number of carbonyl (C=O) groups excluding carboxylic acids is 1. The van der Waals surface area contributed by atoms with Gasteiger partial charge in [0.15, 0.2) is 0 Å². The highest BCUT2D eigenvalue weighted by Crippen LogP contribution is 2.24. The molecule has 1 aromatic heterocycles. The Kier molecular flexibility index (Phi) is 5.28. The van der Waals surface area contributed by atoms with Crippen LogP contribution in [-0.2, 0) is 11.3 Å². The first-order valence-corrected chi connectivity index (χ1v) is 8.98. The molecule has 0 aliphatic carbocycles. The molecule has 1 fully saturated rings. The van der Waals surface area contributed by atoms with Crippen molar-refractivity contribution >= 4 is 23.3 Å². The number of piperidine rings is 1. The zero-order valence-electron chi connectivity index (χ0n) is 13.9. The third-order valence-electron chi connectivity index (χ3n) is 4.17. The van der Waals surface area contributed by atoms with E-state index in [1.54, 1.807) is 4.90 Å². The summed E-state index contributed by atoms with van der Waals surface area (Å²) in [6.45, 7) is 3.07. The summed E-state index contributed by atoms with van der Waals surface area (Å²) >= 11 is 1.43. The lowest BCUT2D eigenvalue weighted by Gasteiger charge is -2.34. The van der Waals surface area contributed by atoms with Crippen LogP contribution in [0.25, 0.3) is 10.6 Å². The number of aromatic nitrogens is 2. The largest absolute Gasteiger partial charge is 0.481 e. The van der Waals surface area contributed by atoms with Crippen LogP contribution in [0.3, 0.4) is 0 Å². The maximum atomic E-state index is 12.3. The molecule has 2 N–H and O–H groups in total. The Balaban J connectivity index is 1.57. The molecule has 132 valence electrons. The van der Waals surface area contributed by atoms with Crippen LogP contribution in [0.1, 0.15) is 18.4 Å². The highest BCUT2D eigenvalue weighted by Gasteiger charge is 2.31. The molecule has 0 saturated carbocycles. The first-order valence-electron chi connectivity index (χ1n) is 8.16. The van der Waals surface area contributed by atoms with Gasteiger partial charge in [-0.3, -0.25) is 4.79 Å². The lowest BCUT2D eigenvalue weighted by Crippen LogP contribution is -2.49. The van der Waals surface area contributed by atoms with Crippen LogP contribution < -0.4 is 5.32 Å². The molecule has 1 aliphatic heterocycles. The van der Waals surface area contributed by atoms with E-state index in [1.807, 2.05) is 37.3 Å². The number of benzene rings is 1. The van der Waals surface area contributed by atoms with Crippen LogP contribution in [0.15, 0.2) is 30.3 Å². The SMILES string of the molecule is CC1CC(C(=O)O)CN(C(=O)NCc2nnc(-c3ccccc3)s2)C1. The molecule has 1 aromatic carbocycles. The van der Waals surface area contributed by atoms with Gasteiger partial charge >= 0.3 is 12.0 Å². The van der Waals surface area contributed by atoms with Crippen molar-refractivity contribution in [2.75, 3.05) is 13.1 Å². The van der Waals surface area contributed by atoms with E-state index in [4.69, 9.17) is 0 Å². The molecule has 3 rings (SSSR count). The predicted octanol–water partition coefficient (Wildman–Crippen LogP) is 2.46. The highest BCUT2D eigenvalue weighted by molar-refractivity contribution is 7.14. The van der Waals surface area contributed by atoms with Crippen molar-refractivity contribution in [3.63, 3.8) is 0 Å². The summed E-state index contributed by atoms with van der Waals surface area (Å²) in [6.07, 6.45) is 0.607. The van der Waals surface area contributed by atoms with Crippen molar-refractivity contribution < 1.29 is 14.7 Å². The van der Waals surface area contributed by atoms with Crippen LogP contribution in [0.2, 0.25) is 0 Å². The van der Waals surface area contributed by atoms with Gasteiger partial charge in [0.05, 0.1) is 12.5 Å². The number of amides is 2. The number of rotatable bonds is 4. The quantitative estimate of drug-likeness (QED) is 0.873. The molecule has 1 aliphatic rings. The van der Waals surface area contributed by atoms with Crippen molar-refractivity contribution in [3.8, 4) is 10.6 Å². The fraction of sp³-hybridized carbons (Fsp3) is 0.412. The van der Waals surface area contributed by atoms with Gasteiger partial charge in [-0.1, -0.05) is 48.6 Å². The fourth-order valence-corrected chi connectivity index (χ4v) is 3.77. The lowest BCUT2D eigenvalue weighted by molar-refractivity contribution is -0.143. The average molecular weight is 360 g/mol. The minimum atomic E-state index is -0.846. The summed E-state index contributed by atoms with van der Waals surface area (Å²) in [5.74, 6) is -1.17. The standard InChI is InChI=1S/C17H20N4O3S/c1-11-7-13(16(22)23)10-21(9-11)17(24)18-8-14-19-20-15(25-14)12-5-3-2-4-6-12/h2-6,11,13H,7-10H2,1H3,(H,18,24)(H,22,23). The Bertz CT molecular complexity index is 749. The second-order valence-corrected chi connectivity index (χ2v) is 7.37. The number of urea groups is 1. The summed E-state index contributed by atoms with van der Waals surface area (Å²) in [4.78, 5) is 25.1. The maximum absolute atomic E-state index is 12.3. The zero-order chi connectivity index (χ0) is 17.8. The van der Waals surface area contributed by atoms with Crippen LogP contribution in [-0.4, -0.2) is 45.3 Å². The van der Waals surface area contributed by atoms with E-state index in [9.17, 15) is 14.7 Å². The number of likely N-dealkylation sites (tertiary alicyclic amines) is 1. The smallest absolute Gasteiger partial charge is 0.317 e. The highest BCUT2D eigenvalue weighted by atomic mass is 32.1. The van der Waals surface area contributed by atoms with Gasteiger partial charge in [-0.2, -0.15) is 0 Å². The number of hydrogen-bond donors (Lipinski definition) is 2. The molecule has 7 nitrogen and oxygen atoms in total. The number of carboxylic acid groups (broad SMARTS) is 1. The molecule has 2 unspecified atom stereocenters. The molecular formula is C17H20N4O3S. The molecule has 2 amide bonds. The second-order valence-electron chi connectivity index (χ2n) is 6.31. The normalized spacial score (nSPS) is 20.3. The van der Waals surface area contributed by atoms with Crippen molar-refractivity contribution in [3.05, 3.63) is 35.3 Å². The van der Waals surface area contributed by atoms with Gasteiger partial charge < -0.3 is 15.3 Å². The monoisotopic (exact) mass is 360 g/mol. The van der Waals surface area contributed by atoms with Crippen LogP contribution in [0.4, 0.5) is 4.79 Å². The van der Waals surface area contributed by atoms with Crippen molar-refractivity contribution in [2.24, 2.45) is 11.8 Å². The lowest BCUT2D eigenvalue weighted by atomic mass is 9.91. The topological polar surface area (TPSA) is 95.4 Å². The van der Waals surface area contributed by atoms with Crippen molar-refractivity contribution in [1.82, 2.24) is 20.4 Å². The molecule has 0 spiro atoms. The molecule has 25 heavy (non-hydrogen) atoms. The number of aliphatic carboxylic acids is 1. The molecule has 0 radical (unpaired) electrons.